The third-order valence-corrected chi connectivity index (χ3v) is 4.57. The Morgan fingerprint density at radius 3 is 2.65 bits per heavy atom. The van der Waals surface area contributed by atoms with E-state index in [1.54, 1.807) is 6.20 Å². The molecule has 3 heterocycles. The number of pyridine rings is 1. The lowest BCUT2D eigenvalue weighted by atomic mass is 9.96. The van der Waals surface area contributed by atoms with Gasteiger partial charge in [0.15, 0.2) is 6.29 Å². The number of aromatic nitrogens is 1. The maximum absolute atomic E-state index is 11.1. The van der Waals surface area contributed by atoms with E-state index in [9.17, 15) is 4.79 Å². The molecule has 2 aliphatic heterocycles. The van der Waals surface area contributed by atoms with Crippen LogP contribution in [-0.4, -0.2) is 48.9 Å². The zero-order valence-corrected chi connectivity index (χ0v) is 12.0. The third-order valence-electron chi connectivity index (χ3n) is 4.57. The van der Waals surface area contributed by atoms with Crippen LogP contribution in [0.1, 0.15) is 36.0 Å². The fourth-order valence-corrected chi connectivity index (χ4v) is 3.42. The first-order chi connectivity index (χ1) is 9.86. The summed E-state index contributed by atoms with van der Waals surface area (Å²) < 4.78 is 0. The highest BCUT2D eigenvalue weighted by Gasteiger charge is 2.24. The maximum Gasteiger partial charge on any atom is 0.153 e. The van der Waals surface area contributed by atoms with E-state index in [-0.39, 0.29) is 0 Å². The van der Waals surface area contributed by atoms with Gasteiger partial charge in [-0.25, -0.2) is 4.98 Å². The van der Waals surface area contributed by atoms with Crippen molar-refractivity contribution in [3.63, 3.8) is 0 Å². The van der Waals surface area contributed by atoms with E-state index in [1.165, 1.54) is 45.3 Å². The number of likely N-dealkylation sites (tertiary alicyclic amines) is 1. The van der Waals surface area contributed by atoms with Crippen LogP contribution in [0.5, 0.6) is 0 Å². The molecule has 0 aliphatic carbocycles. The lowest BCUT2D eigenvalue weighted by Gasteiger charge is -2.35. The van der Waals surface area contributed by atoms with Crippen molar-refractivity contribution in [2.45, 2.75) is 25.7 Å². The number of nitrogens with zero attached hydrogens (tertiary/aromatic N) is 3. The summed E-state index contributed by atoms with van der Waals surface area (Å²) in [5.74, 6) is 1.68. The van der Waals surface area contributed by atoms with Crippen molar-refractivity contribution < 1.29 is 4.79 Å². The number of carbonyl (C=O) groups excluding carboxylic acids is 1. The largest absolute Gasteiger partial charge is 0.356 e. The van der Waals surface area contributed by atoms with E-state index in [0.29, 0.717) is 5.56 Å². The average Bonchev–Trinajstić information content (AvgIpc) is 3.01. The molecule has 4 nitrogen and oxygen atoms in total. The lowest BCUT2D eigenvalue weighted by molar-refractivity contribution is 0.112. The number of anilines is 1. The van der Waals surface area contributed by atoms with Crippen LogP contribution in [-0.2, 0) is 0 Å². The zero-order chi connectivity index (χ0) is 13.8. The Morgan fingerprint density at radius 1 is 1.20 bits per heavy atom. The molecule has 2 aliphatic rings. The van der Waals surface area contributed by atoms with Crippen LogP contribution in [0, 0.1) is 5.92 Å². The van der Waals surface area contributed by atoms with Crippen LogP contribution in [0.4, 0.5) is 5.82 Å². The minimum atomic E-state index is 0.713. The Bertz CT molecular complexity index is 449. The first kappa shape index (κ1) is 13.6. The Kier molecular flexibility index (Phi) is 4.31. The van der Waals surface area contributed by atoms with Gasteiger partial charge < -0.3 is 9.80 Å². The molecule has 0 saturated carbocycles. The summed E-state index contributed by atoms with van der Waals surface area (Å²) in [4.78, 5) is 20.4. The molecule has 0 aromatic carbocycles. The van der Waals surface area contributed by atoms with Gasteiger partial charge in [0.05, 0.1) is 5.56 Å². The van der Waals surface area contributed by atoms with Gasteiger partial charge in [0.2, 0.25) is 0 Å². The lowest BCUT2D eigenvalue weighted by Crippen LogP contribution is -2.38. The summed E-state index contributed by atoms with van der Waals surface area (Å²) in [5, 5.41) is 0. The molecular formula is C16H23N3O. The van der Waals surface area contributed by atoms with Crippen LogP contribution in [0.3, 0.4) is 0 Å². The van der Waals surface area contributed by atoms with Gasteiger partial charge in [-0.05, 0) is 56.8 Å². The molecule has 0 spiro atoms. The molecule has 108 valence electrons. The van der Waals surface area contributed by atoms with Crippen molar-refractivity contribution >= 4 is 12.1 Å². The van der Waals surface area contributed by atoms with Gasteiger partial charge in [0.1, 0.15) is 5.82 Å². The quantitative estimate of drug-likeness (QED) is 0.788. The molecule has 20 heavy (non-hydrogen) atoms. The molecule has 0 amide bonds. The number of piperidine rings is 1. The normalized spacial score (nSPS) is 21.3. The fraction of sp³-hybridized carbons (Fsp3) is 0.625. The van der Waals surface area contributed by atoms with Crippen molar-refractivity contribution in [1.82, 2.24) is 9.88 Å². The Morgan fingerprint density at radius 2 is 1.95 bits per heavy atom. The predicted molar refractivity (Wildman–Crippen MR) is 80.2 cm³/mol. The Hall–Kier alpha value is -1.42. The second kappa shape index (κ2) is 6.35. The molecule has 1 aromatic rings. The second-order valence-electron chi connectivity index (χ2n) is 5.97. The topological polar surface area (TPSA) is 36.4 Å². The molecule has 0 unspecified atom stereocenters. The van der Waals surface area contributed by atoms with Crippen molar-refractivity contribution in [2.75, 3.05) is 37.6 Å². The van der Waals surface area contributed by atoms with Gasteiger partial charge in [0.25, 0.3) is 0 Å². The standard InChI is InChI=1S/C16H23N3O/c20-13-15-4-3-7-17-16(15)19-10-5-14(6-11-19)12-18-8-1-2-9-18/h3-4,7,13-14H,1-2,5-6,8-12H2. The molecule has 2 saturated heterocycles. The molecule has 0 N–H and O–H groups in total. The molecule has 0 radical (unpaired) electrons. The molecule has 2 fully saturated rings. The summed E-state index contributed by atoms with van der Waals surface area (Å²) >= 11 is 0. The number of aldehydes is 1. The number of carbonyl (C=O) groups is 1. The predicted octanol–water partition coefficient (Wildman–Crippen LogP) is 2.21. The fourth-order valence-electron chi connectivity index (χ4n) is 3.42. The zero-order valence-electron chi connectivity index (χ0n) is 12.0. The monoisotopic (exact) mass is 273 g/mol. The van der Waals surface area contributed by atoms with Gasteiger partial charge in [-0.2, -0.15) is 0 Å². The Balaban J connectivity index is 1.56. The highest BCUT2D eigenvalue weighted by molar-refractivity contribution is 5.82. The van der Waals surface area contributed by atoms with E-state index in [1.807, 2.05) is 12.1 Å². The van der Waals surface area contributed by atoms with Gasteiger partial charge in [0, 0.05) is 25.8 Å². The molecule has 0 bridgehead atoms. The summed E-state index contributed by atoms with van der Waals surface area (Å²) in [6, 6.07) is 3.68. The summed E-state index contributed by atoms with van der Waals surface area (Å²) in [6.45, 7) is 5.88. The number of hydrogen-bond acceptors (Lipinski definition) is 4. The van der Waals surface area contributed by atoms with E-state index in [2.05, 4.69) is 14.8 Å². The average molecular weight is 273 g/mol. The van der Waals surface area contributed by atoms with Crippen molar-refractivity contribution in [2.24, 2.45) is 5.92 Å². The van der Waals surface area contributed by atoms with Crippen molar-refractivity contribution in [1.29, 1.82) is 0 Å². The van der Waals surface area contributed by atoms with Crippen LogP contribution in [0.25, 0.3) is 0 Å². The van der Waals surface area contributed by atoms with E-state index in [4.69, 9.17) is 0 Å². The smallest absolute Gasteiger partial charge is 0.153 e. The summed E-state index contributed by atoms with van der Waals surface area (Å²) in [5.41, 5.74) is 0.713. The SMILES string of the molecule is O=Cc1cccnc1N1CCC(CN2CCCC2)CC1. The molecule has 0 atom stereocenters. The van der Waals surface area contributed by atoms with Crippen LogP contribution >= 0.6 is 0 Å². The van der Waals surface area contributed by atoms with E-state index >= 15 is 0 Å². The van der Waals surface area contributed by atoms with Crippen molar-refractivity contribution in [3.05, 3.63) is 23.9 Å². The van der Waals surface area contributed by atoms with Gasteiger partial charge >= 0.3 is 0 Å². The highest BCUT2D eigenvalue weighted by Crippen LogP contribution is 2.25. The van der Waals surface area contributed by atoms with Crippen LogP contribution in [0.15, 0.2) is 18.3 Å². The van der Waals surface area contributed by atoms with Gasteiger partial charge in [-0.3, -0.25) is 4.79 Å². The van der Waals surface area contributed by atoms with Gasteiger partial charge in [-0.15, -0.1) is 0 Å². The second-order valence-corrected chi connectivity index (χ2v) is 5.97. The Labute approximate surface area is 120 Å². The van der Waals surface area contributed by atoms with Crippen molar-refractivity contribution in [3.8, 4) is 0 Å². The molecule has 1 aromatic heterocycles. The van der Waals surface area contributed by atoms with E-state index in [0.717, 1.165) is 31.1 Å². The first-order valence-corrected chi connectivity index (χ1v) is 7.74. The molecule has 4 heteroatoms. The van der Waals surface area contributed by atoms with Crippen LogP contribution in [0.2, 0.25) is 0 Å². The summed E-state index contributed by atoms with van der Waals surface area (Å²) in [6.07, 6.45) is 7.86. The minimum absolute atomic E-state index is 0.713. The highest BCUT2D eigenvalue weighted by atomic mass is 16.1. The van der Waals surface area contributed by atoms with Crippen LogP contribution < -0.4 is 4.90 Å². The maximum atomic E-state index is 11.1. The number of rotatable bonds is 4. The first-order valence-electron chi connectivity index (χ1n) is 7.74. The minimum Gasteiger partial charge on any atom is -0.356 e. The van der Waals surface area contributed by atoms with Gasteiger partial charge in [-0.1, -0.05) is 0 Å². The molecule has 3 rings (SSSR count). The number of hydrogen-bond donors (Lipinski definition) is 0. The van der Waals surface area contributed by atoms with E-state index < -0.39 is 0 Å². The summed E-state index contributed by atoms with van der Waals surface area (Å²) in [7, 11) is 0. The third kappa shape index (κ3) is 3.01. The molecular weight excluding hydrogens is 250 g/mol.